The van der Waals surface area contributed by atoms with Crippen LogP contribution in [-0.4, -0.2) is 46.5 Å². The maximum Gasteiger partial charge on any atom is 0.247 e. The van der Waals surface area contributed by atoms with Crippen molar-refractivity contribution >= 4 is 29.3 Å². The number of nitrogens with zero attached hydrogens (tertiary/aromatic N) is 1. The Bertz CT molecular complexity index is 808. The third-order valence-corrected chi connectivity index (χ3v) is 7.55. The quantitative estimate of drug-likeness (QED) is 0.117. The van der Waals surface area contributed by atoms with E-state index >= 15 is 0 Å². The van der Waals surface area contributed by atoms with E-state index in [9.17, 15) is 14.7 Å². The first kappa shape index (κ1) is 32.3. The van der Waals surface area contributed by atoms with E-state index in [1.165, 1.54) is 62.8 Å². The van der Waals surface area contributed by atoms with Gasteiger partial charge in [-0.25, -0.2) is 5.01 Å². The van der Waals surface area contributed by atoms with Gasteiger partial charge in [-0.05, 0) is 49.1 Å². The zero-order valence-corrected chi connectivity index (χ0v) is 24.7. The highest BCUT2D eigenvalue weighted by molar-refractivity contribution is 8.00. The number of anilines is 1. The van der Waals surface area contributed by atoms with Gasteiger partial charge in [0.2, 0.25) is 11.8 Å². The van der Waals surface area contributed by atoms with Crippen LogP contribution in [0.4, 0.5) is 5.69 Å². The predicted octanol–water partition coefficient (Wildman–Crippen LogP) is 6.94. The van der Waals surface area contributed by atoms with E-state index in [0.717, 1.165) is 17.7 Å². The summed E-state index contributed by atoms with van der Waals surface area (Å²) in [6.07, 6.45) is 13.1. The van der Waals surface area contributed by atoms with E-state index in [1.54, 1.807) is 24.9 Å². The van der Waals surface area contributed by atoms with Crippen LogP contribution in [0.5, 0.6) is 5.75 Å². The highest BCUT2D eigenvalue weighted by Gasteiger charge is 2.21. The molecule has 0 aliphatic heterocycles. The van der Waals surface area contributed by atoms with Gasteiger partial charge >= 0.3 is 0 Å². The molecule has 6 nitrogen and oxygen atoms in total. The number of carbonyl (C=O) groups excluding carboxylic acids is 2. The first-order valence-corrected chi connectivity index (χ1v) is 14.8. The summed E-state index contributed by atoms with van der Waals surface area (Å²) in [6, 6.07) is 3.57. The Morgan fingerprint density at radius 2 is 1.56 bits per heavy atom. The van der Waals surface area contributed by atoms with E-state index in [2.05, 4.69) is 17.7 Å². The molecule has 36 heavy (non-hydrogen) atoms. The van der Waals surface area contributed by atoms with Crippen LogP contribution in [0.1, 0.15) is 110 Å². The molecule has 0 saturated heterocycles. The van der Waals surface area contributed by atoms with Gasteiger partial charge in [-0.3, -0.25) is 15.0 Å². The molecule has 3 N–H and O–H groups in total. The molecule has 1 atom stereocenters. The molecule has 7 heteroatoms. The third kappa shape index (κ3) is 13.0. The summed E-state index contributed by atoms with van der Waals surface area (Å²) in [5.74, 6) is 0.923. The molecular weight excluding hydrogens is 470 g/mol. The normalized spacial score (nSPS) is 12.6. The minimum atomic E-state index is -0.248. The van der Waals surface area contributed by atoms with Gasteiger partial charge in [-0.2, -0.15) is 0 Å². The van der Waals surface area contributed by atoms with Crippen LogP contribution in [0.15, 0.2) is 12.1 Å². The van der Waals surface area contributed by atoms with Gasteiger partial charge in [-0.15, -0.1) is 11.8 Å². The lowest BCUT2D eigenvalue weighted by molar-refractivity contribution is -0.126. The van der Waals surface area contributed by atoms with Gasteiger partial charge in [-0.1, -0.05) is 85.5 Å². The number of hydrogen-bond acceptors (Lipinski definition) is 5. The Morgan fingerprint density at radius 1 is 1.00 bits per heavy atom. The highest BCUT2D eigenvalue weighted by atomic mass is 32.2. The van der Waals surface area contributed by atoms with Gasteiger partial charge in [0.05, 0.1) is 11.8 Å². The van der Waals surface area contributed by atoms with Crippen molar-refractivity contribution in [3.63, 3.8) is 0 Å². The largest absolute Gasteiger partial charge is 0.507 e. The third-order valence-electron chi connectivity index (χ3n) is 6.31. The number of hydrogen-bond donors (Lipinski definition) is 3. The number of nitrogens with one attached hydrogen (secondary N) is 2. The molecule has 206 valence electrons. The molecule has 0 aliphatic rings. The topological polar surface area (TPSA) is 81.7 Å². The Balaban J connectivity index is 2.29. The highest BCUT2D eigenvalue weighted by Crippen LogP contribution is 2.35. The number of amides is 2. The lowest BCUT2D eigenvalue weighted by Gasteiger charge is -2.23. The maximum atomic E-state index is 12.5. The van der Waals surface area contributed by atoms with Gasteiger partial charge < -0.3 is 10.4 Å². The molecule has 1 aromatic rings. The Hall–Kier alpha value is -1.73. The Morgan fingerprint density at radius 3 is 2.11 bits per heavy atom. The van der Waals surface area contributed by atoms with Crippen molar-refractivity contribution in [2.45, 2.75) is 116 Å². The van der Waals surface area contributed by atoms with Crippen LogP contribution in [-0.2, 0) is 15.0 Å². The van der Waals surface area contributed by atoms with Crippen LogP contribution < -0.4 is 10.7 Å². The molecule has 0 fully saturated rings. The van der Waals surface area contributed by atoms with Crippen LogP contribution in [0.3, 0.4) is 0 Å². The number of benzene rings is 1. The number of phenolic OH excluding ortho intramolecular Hbond substituents is 1. The Labute approximate surface area is 224 Å². The van der Waals surface area contributed by atoms with Crippen molar-refractivity contribution in [3.8, 4) is 5.75 Å². The molecule has 0 bridgehead atoms. The molecule has 0 aliphatic carbocycles. The van der Waals surface area contributed by atoms with Gasteiger partial charge in [0, 0.05) is 18.3 Å². The van der Waals surface area contributed by atoms with Crippen molar-refractivity contribution in [2.75, 3.05) is 24.7 Å². The Kier molecular flexibility index (Phi) is 15.2. The number of aryl methyl sites for hydroxylation is 1. The fraction of sp³-hybridized carbons (Fsp3) is 0.724. The predicted molar refractivity (Wildman–Crippen MR) is 155 cm³/mol. The minimum absolute atomic E-state index is 0.0341. The average molecular weight is 522 g/mol. The monoisotopic (exact) mass is 521 g/mol. The summed E-state index contributed by atoms with van der Waals surface area (Å²) in [7, 11) is 1.69. The average Bonchev–Trinajstić information content (AvgIpc) is 2.78. The zero-order chi connectivity index (χ0) is 27.1. The smallest absolute Gasteiger partial charge is 0.247 e. The van der Waals surface area contributed by atoms with E-state index in [1.807, 2.05) is 40.7 Å². The van der Waals surface area contributed by atoms with E-state index in [4.69, 9.17) is 0 Å². The van der Waals surface area contributed by atoms with Crippen molar-refractivity contribution < 1.29 is 14.7 Å². The lowest BCUT2D eigenvalue weighted by Crippen LogP contribution is -2.46. The van der Waals surface area contributed by atoms with Crippen LogP contribution >= 0.6 is 11.8 Å². The van der Waals surface area contributed by atoms with Crippen molar-refractivity contribution in [1.82, 2.24) is 10.4 Å². The molecule has 2 amide bonds. The summed E-state index contributed by atoms with van der Waals surface area (Å²) < 4.78 is 0. The molecule has 1 aromatic carbocycles. The van der Waals surface area contributed by atoms with E-state index < -0.39 is 0 Å². The van der Waals surface area contributed by atoms with E-state index in [0.29, 0.717) is 11.3 Å². The molecule has 0 saturated carbocycles. The summed E-state index contributed by atoms with van der Waals surface area (Å²) >= 11 is 1.67. The van der Waals surface area contributed by atoms with Crippen LogP contribution in [0.25, 0.3) is 0 Å². The van der Waals surface area contributed by atoms with E-state index in [-0.39, 0.29) is 34.8 Å². The van der Waals surface area contributed by atoms with Gasteiger partial charge in [0.15, 0.2) is 0 Å². The molecule has 0 spiro atoms. The number of thioether (sulfide) groups is 1. The van der Waals surface area contributed by atoms with Gasteiger partial charge in [0.1, 0.15) is 5.75 Å². The molecule has 0 radical (unpaired) electrons. The summed E-state index contributed by atoms with van der Waals surface area (Å²) in [5, 5.41) is 14.6. The van der Waals surface area contributed by atoms with Crippen molar-refractivity contribution in [2.24, 2.45) is 0 Å². The minimum Gasteiger partial charge on any atom is -0.507 e. The zero-order valence-electron chi connectivity index (χ0n) is 23.8. The number of unbranched alkanes of at least 4 members (excludes halogenated alkanes) is 9. The number of rotatable bonds is 17. The number of phenols is 1. The van der Waals surface area contributed by atoms with Crippen LogP contribution in [0, 0.1) is 6.92 Å². The first-order valence-electron chi connectivity index (χ1n) is 13.7. The summed E-state index contributed by atoms with van der Waals surface area (Å²) in [6.45, 7) is 12.1. The second-order valence-electron chi connectivity index (χ2n) is 11.0. The molecular formula is C29H51N3O3S. The maximum absolute atomic E-state index is 12.5. The standard InChI is InChI=1S/C29H51N3O3S/c1-8-9-10-11-12-13-14-15-16-17-18-36-23(3)28(35)31-32(7)21-26(33)30-24-19-22(2)27(34)25(20-24)29(4,5)6/h19-20,23,34H,8-18,21H2,1-7H3,(H,30,33)(H,31,35). The summed E-state index contributed by atoms with van der Waals surface area (Å²) in [4.78, 5) is 25.1. The van der Waals surface area contributed by atoms with Gasteiger partial charge in [0.25, 0.3) is 0 Å². The molecule has 0 heterocycles. The number of hydrazine groups is 1. The fourth-order valence-corrected chi connectivity index (χ4v) is 5.01. The number of aromatic hydroxyl groups is 1. The molecule has 1 rings (SSSR count). The molecule has 0 aromatic heterocycles. The second kappa shape index (κ2) is 16.9. The van der Waals surface area contributed by atoms with Crippen molar-refractivity contribution in [3.05, 3.63) is 23.3 Å². The summed E-state index contributed by atoms with van der Waals surface area (Å²) in [5.41, 5.74) is 4.71. The SMILES string of the molecule is CCCCCCCCCCCCSC(C)C(=O)NN(C)CC(=O)Nc1cc(C)c(O)c(C(C)(C)C)c1. The number of likely N-dealkylation sites (N-methyl/N-ethyl adjacent to an activating group) is 1. The van der Waals surface area contributed by atoms with Crippen LogP contribution in [0.2, 0.25) is 0 Å². The number of carbonyl (C=O) groups is 2. The lowest BCUT2D eigenvalue weighted by atomic mass is 9.85. The van der Waals surface area contributed by atoms with Crippen molar-refractivity contribution in [1.29, 1.82) is 0 Å². The fourth-order valence-electron chi connectivity index (χ4n) is 4.08. The first-order chi connectivity index (χ1) is 17.0. The second-order valence-corrected chi connectivity index (χ2v) is 12.5. The molecule has 1 unspecified atom stereocenters.